The van der Waals surface area contributed by atoms with Gasteiger partial charge in [0.1, 0.15) is 5.75 Å². The Morgan fingerprint density at radius 2 is 1.90 bits per heavy atom. The highest BCUT2D eigenvalue weighted by Crippen LogP contribution is 2.29. The molecule has 0 aliphatic heterocycles. The monoisotopic (exact) mass is 284 g/mol. The van der Waals surface area contributed by atoms with Crippen LogP contribution < -0.4 is 4.74 Å². The largest absolute Gasteiger partial charge is 0.436 e. The second-order valence-electron chi connectivity index (χ2n) is 3.86. The van der Waals surface area contributed by atoms with Crippen molar-refractivity contribution in [2.45, 2.75) is 6.92 Å². The van der Waals surface area contributed by atoms with Crippen molar-refractivity contribution in [2.75, 3.05) is 0 Å². The third kappa shape index (κ3) is 2.68. The molecule has 0 aliphatic carbocycles. The third-order valence-corrected chi connectivity index (χ3v) is 2.44. The summed E-state index contributed by atoms with van der Waals surface area (Å²) in [6, 6.07) is 3.94. The Kier molecular flexibility index (Phi) is 3.55. The summed E-state index contributed by atoms with van der Waals surface area (Å²) in [6.45, 7) is 1.55. The molecule has 0 spiro atoms. The van der Waals surface area contributed by atoms with E-state index in [2.05, 4.69) is 4.98 Å². The van der Waals surface area contributed by atoms with E-state index in [0.29, 0.717) is 5.56 Å². The lowest BCUT2D eigenvalue weighted by molar-refractivity contribution is -0.384. The molecule has 8 heteroatoms. The van der Waals surface area contributed by atoms with Gasteiger partial charge in [0.15, 0.2) is 11.6 Å². The van der Waals surface area contributed by atoms with Gasteiger partial charge in [-0.2, -0.15) is 9.37 Å². The van der Waals surface area contributed by atoms with Gasteiger partial charge in [-0.3, -0.25) is 10.1 Å². The summed E-state index contributed by atoms with van der Waals surface area (Å²) < 4.78 is 44.0. The molecule has 0 saturated heterocycles. The fourth-order valence-corrected chi connectivity index (χ4v) is 1.42. The number of nitrogens with zero attached hydrogens (tertiary/aromatic N) is 2. The van der Waals surface area contributed by atoms with Crippen LogP contribution in [0.1, 0.15) is 5.56 Å². The van der Waals surface area contributed by atoms with Crippen molar-refractivity contribution in [2.24, 2.45) is 0 Å². The molecule has 1 aromatic heterocycles. The number of ether oxygens (including phenoxy) is 1. The molecule has 0 bridgehead atoms. The smallest absolute Gasteiger partial charge is 0.273 e. The second-order valence-corrected chi connectivity index (χ2v) is 3.86. The van der Waals surface area contributed by atoms with Gasteiger partial charge in [-0.1, -0.05) is 0 Å². The van der Waals surface area contributed by atoms with Crippen LogP contribution in [0.5, 0.6) is 11.6 Å². The molecule has 104 valence electrons. The molecule has 5 nitrogen and oxygen atoms in total. The van der Waals surface area contributed by atoms with E-state index < -0.39 is 28.4 Å². The number of pyridine rings is 1. The minimum Gasteiger partial charge on any atom is -0.436 e. The average molecular weight is 284 g/mol. The van der Waals surface area contributed by atoms with Crippen LogP contribution >= 0.6 is 0 Å². The Morgan fingerprint density at radius 1 is 1.20 bits per heavy atom. The van der Waals surface area contributed by atoms with Gasteiger partial charge >= 0.3 is 0 Å². The van der Waals surface area contributed by atoms with Gasteiger partial charge in [0, 0.05) is 12.1 Å². The molecule has 2 rings (SSSR count). The summed E-state index contributed by atoms with van der Waals surface area (Å²) in [7, 11) is 0. The molecule has 1 aromatic carbocycles. The lowest BCUT2D eigenvalue weighted by atomic mass is 10.2. The minimum absolute atomic E-state index is 0.0726. The Hall–Kier alpha value is -2.64. The first-order chi connectivity index (χ1) is 9.38. The van der Waals surface area contributed by atoms with Crippen molar-refractivity contribution in [1.29, 1.82) is 0 Å². The first kappa shape index (κ1) is 13.8. The standard InChI is InChI=1S/C12H7F3N2O3/c1-6-2-3-7(17(18)19)4-10(6)20-12-9(14)5-8(13)11(15)16-12/h2-5H,1H3. The minimum atomic E-state index is -1.52. The summed E-state index contributed by atoms with van der Waals surface area (Å²) >= 11 is 0. The van der Waals surface area contributed by atoms with Crippen LogP contribution in [0.3, 0.4) is 0 Å². The van der Waals surface area contributed by atoms with Gasteiger partial charge in [-0.15, -0.1) is 0 Å². The van der Waals surface area contributed by atoms with Crippen molar-refractivity contribution in [1.82, 2.24) is 4.98 Å². The Bertz CT molecular complexity index is 692. The van der Waals surface area contributed by atoms with Gasteiger partial charge in [0.05, 0.1) is 11.0 Å². The number of benzene rings is 1. The lowest BCUT2D eigenvalue weighted by Crippen LogP contribution is -1.99. The van der Waals surface area contributed by atoms with E-state index in [-0.39, 0.29) is 17.5 Å². The van der Waals surface area contributed by atoms with Crippen LogP contribution in [0.25, 0.3) is 0 Å². The number of nitro groups is 1. The zero-order chi connectivity index (χ0) is 14.9. The fourth-order valence-electron chi connectivity index (χ4n) is 1.42. The van der Waals surface area contributed by atoms with Crippen LogP contribution in [-0.4, -0.2) is 9.91 Å². The highest BCUT2D eigenvalue weighted by atomic mass is 19.2. The fraction of sp³-hybridized carbons (Fsp3) is 0.0833. The SMILES string of the molecule is Cc1ccc([N+](=O)[O-])cc1Oc1nc(F)c(F)cc1F. The molecular weight excluding hydrogens is 277 g/mol. The maximum Gasteiger partial charge on any atom is 0.273 e. The molecule has 0 N–H and O–H groups in total. The third-order valence-electron chi connectivity index (χ3n) is 2.44. The molecule has 0 fully saturated rings. The summed E-state index contributed by atoms with van der Waals surface area (Å²) in [5.74, 6) is -5.06. The average Bonchev–Trinajstić information content (AvgIpc) is 2.38. The number of halogens is 3. The molecule has 0 aliphatic rings. The first-order valence-electron chi connectivity index (χ1n) is 5.33. The molecule has 20 heavy (non-hydrogen) atoms. The molecule has 0 atom stereocenters. The van der Waals surface area contributed by atoms with Crippen molar-refractivity contribution in [3.8, 4) is 11.6 Å². The van der Waals surface area contributed by atoms with E-state index in [4.69, 9.17) is 4.74 Å². The molecule has 1 heterocycles. The van der Waals surface area contributed by atoms with Gasteiger partial charge in [-0.05, 0) is 18.6 Å². The lowest BCUT2D eigenvalue weighted by Gasteiger charge is -2.08. The number of nitro benzene ring substituents is 1. The van der Waals surface area contributed by atoms with Crippen LogP contribution in [0.15, 0.2) is 24.3 Å². The van der Waals surface area contributed by atoms with Crippen LogP contribution in [0.2, 0.25) is 0 Å². The number of hydrogen-bond donors (Lipinski definition) is 0. The van der Waals surface area contributed by atoms with Crippen molar-refractivity contribution in [3.05, 3.63) is 57.5 Å². The quantitative estimate of drug-likeness (QED) is 0.491. The van der Waals surface area contributed by atoms with E-state index in [1.54, 1.807) is 6.92 Å². The van der Waals surface area contributed by atoms with E-state index in [1.807, 2.05) is 0 Å². The molecule has 0 radical (unpaired) electrons. The van der Waals surface area contributed by atoms with Gasteiger partial charge in [-0.25, -0.2) is 8.78 Å². The number of non-ortho nitro benzene ring substituents is 1. The zero-order valence-electron chi connectivity index (χ0n) is 10.1. The van der Waals surface area contributed by atoms with Crippen LogP contribution in [-0.2, 0) is 0 Å². The summed E-state index contributed by atoms with van der Waals surface area (Å²) in [5, 5.41) is 10.6. The molecule has 0 saturated carbocycles. The topological polar surface area (TPSA) is 65.3 Å². The van der Waals surface area contributed by atoms with E-state index >= 15 is 0 Å². The Balaban J connectivity index is 2.42. The Labute approximate surface area is 110 Å². The number of hydrogen-bond acceptors (Lipinski definition) is 4. The highest BCUT2D eigenvalue weighted by Gasteiger charge is 2.16. The molecular formula is C12H7F3N2O3. The van der Waals surface area contributed by atoms with Crippen molar-refractivity contribution >= 4 is 5.69 Å². The highest BCUT2D eigenvalue weighted by molar-refractivity contribution is 5.45. The first-order valence-corrected chi connectivity index (χ1v) is 5.33. The van der Waals surface area contributed by atoms with Crippen molar-refractivity contribution in [3.63, 3.8) is 0 Å². The number of aromatic nitrogens is 1. The predicted octanol–water partition coefficient (Wildman–Crippen LogP) is 3.51. The summed E-state index contributed by atoms with van der Waals surface area (Å²) in [4.78, 5) is 12.9. The molecule has 0 amide bonds. The van der Waals surface area contributed by atoms with Gasteiger partial charge < -0.3 is 4.74 Å². The maximum absolute atomic E-state index is 13.4. The van der Waals surface area contributed by atoms with Crippen LogP contribution in [0.4, 0.5) is 18.9 Å². The van der Waals surface area contributed by atoms with Crippen LogP contribution in [0, 0.1) is 34.6 Å². The molecule has 0 unspecified atom stereocenters. The van der Waals surface area contributed by atoms with Gasteiger partial charge in [0.2, 0.25) is 0 Å². The summed E-state index contributed by atoms with van der Waals surface area (Å²) in [5.41, 5.74) is 0.162. The van der Waals surface area contributed by atoms with E-state index in [0.717, 1.165) is 6.07 Å². The van der Waals surface area contributed by atoms with E-state index in [1.165, 1.54) is 12.1 Å². The normalized spacial score (nSPS) is 10.4. The maximum atomic E-state index is 13.4. The zero-order valence-corrected chi connectivity index (χ0v) is 10.1. The second kappa shape index (κ2) is 5.16. The van der Waals surface area contributed by atoms with E-state index in [9.17, 15) is 23.3 Å². The summed E-state index contributed by atoms with van der Waals surface area (Å²) in [6.07, 6.45) is 0. The van der Waals surface area contributed by atoms with Gasteiger partial charge in [0.25, 0.3) is 17.5 Å². The Morgan fingerprint density at radius 3 is 2.55 bits per heavy atom. The predicted molar refractivity (Wildman–Crippen MR) is 62.0 cm³/mol. The van der Waals surface area contributed by atoms with Crippen molar-refractivity contribution < 1.29 is 22.8 Å². The number of rotatable bonds is 3. The number of aryl methyl sites for hydroxylation is 1. The molecule has 2 aromatic rings.